The summed E-state index contributed by atoms with van der Waals surface area (Å²) < 4.78 is 28.8. The molecule has 0 spiro atoms. The van der Waals surface area contributed by atoms with Crippen molar-refractivity contribution in [3.05, 3.63) is 0 Å². The smallest absolute Gasteiger partial charge is 0.150 e. The molecule has 0 saturated carbocycles. The van der Waals surface area contributed by atoms with Gasteiger partial charge >= 0.3 is 0 Å². The zero-order valence-electron chi connectivity index (χ0n) is 11.0. The quantitative estimate of drug-likeness (QED) is 0.770. The van der Waals surface area contributed by atoms with Crippen LogP contribution in [0.15, 0.2) is 0 Å². The lowest BCUT2D eigenvalue weighted by Crippen LogP contribution is -2.60. The third-order valence-corrected chi connectivity index (χ3v) is 5.73. The maximum atomic E-state index is 11.4. The molecule has 0 bridgehead atoms. The Morgan fingerprint density at radius 2 is 1.76 bits per heavy atom. The van der Waals surface area contributed by atoms with Gasteiger partial charge in [0.05, 0.1) is 18.1 Å². The minimum atomic E-state index is -2.79. The molecule has 2 rings (SSSR count). The standard InChI is InChI=1S/C12H23NO3S/c1-11(2)8-13-12(3,16-9-11)10-4-6-17(14,15)7-5-10/h10,13H,4-9H2,1-3H3. The molecular formula is C12H23NO3S. The fraction of sp³-hybridized carbons (Fsp3) is 1.00. The topological polar surface area (TPSA) is 55.4 Å². The van der Waals surface area contributed by atoms with E-state index in [9.17, 15) is 8.42 Å². The van der Waals surface area contributed by atoms with E-state index in [1.807, 2.05) is 0 Å². The van der Waals surface area contributed by atoms with E-state index in [2.05, 4.69) is 26.1 Å². The van der Waals surface area contributed by atoms with Gasteiger partial charge in [-0.3, -0.25) is 5.32 Å². The predicted molar refractivity (Wildman–Crippen MR) is 67.5 cm³/mol. The van der Waals surface area contributed by atoms with Crippen LogP contribution in [0.3, 0.4) is 0 Å². The van der Waals surface area contributed by atoms with E-state index in [1.165, 1.54) is 0 Å². The van der Waals surface area contributed by atoms with E-state index in [0.717, 1.165) is 13.2 Å². The Morgan fingerprint density at radius 1 is 1.18 bits per heavy atom. The highest BCUT2D eigenvalue weighted by Gasteiger charge is 2.43. The molecule has 0 aromatic carbocycles. The molecule has 0 radical (unpaired) electrons. The van der Waals surface area contributed by atoms with Gasteiger partial charge in [-0.15, -0.1) is 0 Å². The third kappa shape index (κ3) is 3.01. The maximum absolute atomic E-state index is 11.4. The summed E-state index contributed by atoms with van der Waals surface area (Å²) in [5.41, 5.74) is -0.175. The van der Waals surface area contributed by atoms with Crippen LogP contribution < -0.4 is 5.32 Å². The predicted octanol–water partition coefficient (Wildman–Crippen LogP) is 1.17. The number of hydrogen-bond donors (Lipinski definition) is 1. The van der Waals surface area contributed by atoms with Gasteiger partial charge in [0, 0.05) is 17.9 Å². The van der Waals surface area contributed by atoms with Crippen LogP contribution in [0.2, 0.25) is 0 Å². The first-order valence-electron chi connectivity index (χ1n) is 6.32. The highest BCUT2D eigenvalue weighted by Crippen LogP contribution is 2.35. The summed E-state index contributed by atoms with van der Waals surface area (Å²) in [7, 11) is -2.79. The van der Waals surface area contributed by atoms with Crippen molar-refractivity contribution in [1.29, 1.82) is 0 Å². The molecule has 2 aliphatic rings. The van der Waals surface area contributed by atoms with Gasteiger partial charge in [-0.25, -0.2) is 8.42 Å². The van der Waals surface area contributed by atoms with Crippen LogP contribution in [0.1, 0.15) is 33.6 Å². The van der Waals surface area contributed by atoms with Crippen LogP contribution in [0.4, 0.5) is 0 Å². The van der Waals surface area contributed by atoms with Crippen LogP contribution >= 0.6 is 0 Å². The van der Waals surface area contributed by atoms with Gasteiger partial charge in [-0.2, -0.15) is 0 Å². The Balaban J connectivity index is 1.99. The fourth-order valence-electron chi connectivity index (χ4n) is 2.57. The molecule has 1 N–H and O–H groups in total. The molecule has 2 saturated heterocycles. The van der Waals surface area contributed by atoms with Gasteiger partial charge in [-0.05, 0) is 19.8 Å². The number of rotatable bonds is 1. The van der Waals surface area contributed by atoms with Crippen LogP contribution in [0, 0.1) is 11.3 Å². The summed E-state index contributed by atoms with van der Waals surface area (Å²) in [6, 6.07) is 0. The van der Waals surface area contributed by atoms with E-state index >= 15 is 0 Å². The van der Waals surface area contributed by atoms with Crippen molar-refractivity contribution in [2.45, 2.75) is 39.3 Å². The van der Waals surface area contributed by atoms with Crippen molar-refractivity contribution >= 4 is 9.84 Å². The lowest BCUT2D eigenvalue weighted by molar-refractivity contribution is -0.158. The first kappa shape index (κ1) is 13.3. The van der Waals surface area contributed by atoms with Gasteiger partial charge in [0.15, 0.2) is 0 Å². The largest absolute Gasteiger partial charge is 0.360 e. The molecule has 5 heteroatoms. The summed E-state index contributed by atoms with van der Waals surface area (Å²) >= 11 is 0. The lowest BCUT2D eigenvalue weighted by Gasteiger charge is -2.47. The normalized spacial score (nSPS) is 37.8. The molecule has 4 nitrogen and oxygen atoms in total. The van der Waals surface area contributed by atoms with Crippen LogP contribution in [0.25, 0.3) is 0 Å². The zero-order chi connectivity index (χ0) is 12.7. The van der Waals surface area contributed by atoms with E-state index in [-0.39, 0.29) is 11.1 Å². The number of sulfone groups is 1. The second kappa shape index (κ2) is 4.21. The van der Waals surface area contributed by atoms with Crippen molar-refractivity contribution in [2.24, 2.45) is 11.3 Å². The first-order valence-corrected chi connectivity index (χ1v) is 8.14. The number of ether oxygens (including phenoxy) is 1. The summed E-state index contributed by atoms with van der Waals surface area (Å²) in [5.74, 6) is 0.922. The molecule has 2 fully saturated rings. The van der Waals surface area contributed by atoms with E-state index in [1.54, 1.807) is 0 Å². The van der Waals surface area contributed by atoms with Crippen molar-refractivity contribution in [3.63, 3.8) is 0 Å². The van der Waals surface area contributed by atoms with Gasteiger partial charge in [0.2, 0.25) is 0 Å². The monoisotopic (exact) mass is 261 g/mol. The summed E-state index contributed by atoms with van der Waals surface area (Å²) in [4.78, 5) is 0. The number of nitrogens with one attached hydrogen (secondary N) is 1. The molecule has 1 atom stereocenters. The Labute approximate surface area is 104 Å². The molecule has 2 aliphatic heterocycles. The molecule has 17 heavy (non-hydrogen) atoms. The van der Waals surface area contributed by atoms with Gasteiger partial charge < -0.3 is 4.74 Å². The molecule has 0 aliphatic carbocycles. The van der Waals surface area contributed by atoms with E-state index < -0.39 is 9.84 Å². The summed E-state index contributed by atoms with van der Waals surface area (Å²) in [5, 5.41) is 3.47. The van der Waals surface area contributed by atoms with Crippen LogP contribution in [-0.4, -0.2) is 38.8 Å². The molecular weight excluding hydrogens is 238 g/mol. The van der Waals surface area contributed by atoms with Crippen molar-refractivity contribution in [1.82, 2.24) is 5.32 Å². The molecule has 2 heterocycles. The summed E-state index contributed by atoms with van der Waals surface area (Å²) in [6.07, 6.45) is 1.43. The second-order valence-electron chi connectivity index (χ2n) is 6.34. The Hall–Kier alpha value is -0.130. The molecule has 0 aromatic heterocycles. The Kier molecular flexibility index (Phi) is 3.30. The van der Waals surface area contributed by atoms with Crippen molar-refractivity contribution < 1.29 is 13.2 Å². The average Bonchev–Trinajstić information content (AvgIpc) is 2.23. The van der Waals surface area contributed by atoms with Crippen molar-refractivity contribution in [2.75, 3.05) is 24.7 Å². The average molecular weight is 261 g/mol. The minimum Gasteiger partial charge on any atom is -0.360 e. The Bertz CT molecular complexity index is 365. The van der Waals surface area contributed by atoms with Crippen molar-refractivity contribution in [3.8, 4) is 0 Å². The Morgan fingerprint density at radius 3 is 2.24 bits per heavy atom. The molecule has 0 aromatic rings. The first-order chi connectivity index (χ1) is 7.73. The number of hydrogen-bond acceptors (Lipinski definition) is 4. The summed E-state index contributed by atoms with van der Waals surface area (Å²) in [6.45, 7) is 8.06. The van der Waals surface area contributed by atoms with E-state index in [4.69, 9.17) is 4.74 Å². The van der Waals surface area contributed by atoms with E-state index in [0.29, 0.717) is 30.3 Å². The SMILES string of the molecule is CC1(C)CNC(C)(C2CCS(=O)(=O)CC2)OC1. The highest BCUT2D eigenvalue weighted by atomic mass is 32.2. The molecule has 1 unspecified atom stereocenters. The lowest BCUT2D eigenvalue weighted by atomic mass is 9.86. The second-order valence-corrected chi connectivity index (χ2v) is 8.64. The van der Waals surface area contributed by atoms with Gasteiger partial charge in [0.25, 0.3) is 0 Å². The van der Waals surface area contributed by atoms with Gasteiger partial charge in [0.1, 0.15) is 15.6 Å². The van der Waals surface area contributed by atoms with Crippen LogP contribution in [0.5, 0.6) is 0 Å². The minimum absolute atomic E-state index is 0.167. The fourth-order valence-corrected chi connectivity index (χ4v) is 4.06. The highest BCUT2D eigenvalue weighted by molar-refractivity contribution is 7.91. The molecule has 0 amide bonds. The van der Waals surface area contributed by atoms with Gasteiger partial charge in [-0.1, -0.05) is 13.8 Å². The maximum Gasteiger partial charge on any atom is 0.150 e. The molecule has 100 valence electrons. The van der Waals surface area contributed by atoms with Crippen LogP contribution in [-0.2, 0) is 14.6 Å². The third-order valence-electron chi connectivity index (χ3n) is 4.01. The zero-order valence-corrected chi connectivity index (χ0v) is 11.8.